The lowest BCUT2D eigenvalue weighted by Crippen LogP contribution is -1.86. The fourth-order valence-electron chi connectivity index (χ4n) is 1.06. The second-order valence-electron chi connectivity index (χ2n) is 2.65. The SMILES string of the molecule is COc1cc(Cl)ccc1C=CCC#N. The van der Waals surface area contributed by atoms with Gasteiger partial charge in [0, 0.05) is 10.6 Å². The summed E-state index contributed by atoms with van der Waals surface area (Å²) in [6.45, 7) is 0. The van der Waals surface area contributed by atoms with Crippen molar-refractivity contribution in [3.63, 3.8) is 0 Å². The minimum absolute atomic E-state index is 0.395. The van der Waals surface area contributed by atoms with Crippen molar-refractivity contribution < 1.29 is 4.74 Å². The van der Waals surface area contributed by atoms with E-state index >= 15 is 0 Å². The molecule has 0 bridgehead atoms. The van der Waals surface area contributed by atoms with Crippen LogP contribution in [0.5, 0.6) is 5.75 Å². The summed E-state index contributed by atoms with van der Waals surface area (Å²) in [5.74, 6) is 0.715. The van der Waals surface area contributed by atoms with E-state index in [1.807, 2.05) is 18.2 Å². The van der Waals surface area contributed by atoms with Gasteiger partial charge in [-0.2, -0.15) is 5.26 Å². The molecular weight excluding hydrogens is 198 g/mol. The number of methoxy groups -OCH3 is 1. The maximum Gasteiger partial charge on any atom is 0.127 e. The van der Waals surface area contributed by atoms with Gasteiger partial charge in [-0.25, -0.2) is 0 Å². The van der Waals surface area contributed by atoms with Crippen LogP contribution in [0, 0.1) is 11.3 Å². The first-order valence-electron chi connectivity index (χ1n) is 4.15. The van der Waals surface area contributed by atoms with Gasteiger partial charge in [0.1, 0.15) is 5.75 Å². The summed E-state index contributed by atoms with van der Waals surface area (Å²) in [5, 5.41) is 9.00. The molecule has 1 aromatic rings. The minimum atomic E-state index is 0.395. The summed E-state index contributed by atoms with van der Waals surface area (Å²) >= 11 is 5.80. The third-order valence-corrected chi connectivity index (χ3v) is 1.94. The first kappa shape index (κ1) is 10.6. The van der Waals surface area contributed by atoms with Gasteiger partial charge in [-0.3, -0.25) is 0 Å². The molecule has 0 N–H and O–H groups in total. The van der Waals surface area contributed by atoms with Gasteiger partial charge in [0.15, 0.2) is 0 Å². The highest BCUT2D eigenvalue weighted by Gasteiger charge is 1.99. The van der Waals surface area contributed by atoms with E-state index in [0.29, 0.717) is 17.2 Å². The minimum Gasteiger partial charge on any atom is -0.496 e. The Bertz CT molecular complexity index is 379. The Kier molecular flexibility index (Phi) is 4.03. The summed E-state index contributed by atoms with van der Waals surface area (Å²) in [4.78, 5) is 0. The Morgan fingerprint density at radius 1 is 1.57 bits per heavy atom. The van der Waals surface area contributed by atoms with Crippen molar-refractivity contribution in [2.45, 2.75) is 6.42 Å². The van der Waals surface area contributed by atoms with Crippen molar-refractivity contribution in [1.29, 1.82) is 5.26 Å². The van der Waals surface area contributed by atoms with Crippen LogP contribution in [0.1, 0.15) is 12.0 Å². The van der Waals surface area contributed by atoms with Gasteiger partial charge < -0.3 is 4.74 Å². The van der Waals surface area contributed by atoms with E-state index < -0.39 is 0 Å². The Morgan fingerprint density at radius 2 is 2.36 bits per heavy atom. The van der Waals surface area contributed by atoms with Crippen LogP contribution in [-0.2, 0) is 0 Å². The molecule has 0 spiro atoms. The van der Waals surface area contributed by atoms with E-state index in [1.54, 1.807) is 25.3 Å². The Balaban J connectivity index is 2.92. The summed E-state index contributed by atoms with van der Waals surface area (Å²) < 4.78 is 5.14. The summed E-state index contributed by atoms with van der Waals surface area (Å²) in [7, 11) is 1.59. The number of ether oxygens (including phenoxy) is 1. The van der Waals surface area contributed by atoms with Gasteiger partial charge in [-0.1, -0.05) is 23.8 Å². The average Bonchev–Trinajstić information content (AvgIpc) is 2.20. The average molecular weight is 208 g/mol. The second-order valence-corrected chi connectivity index (χ2v) is 3.09. The molecule has 0 aliphatic rings. The van der Waals surface area contributed by atoms with Crippen LogP contribution in [-0.4, -0.2) is 7.11 Å². The monoisotopic (exact) mass is 207 g/mol. The van der Waals surface area contributed by atoms with Crippen LogP contribution < -0.4 is 4.74 Å². The summed E-state index contributed by atoms with van der Waals surface area (Å²) in [6.07, 6.45) is 4.02. The number of allylic oxidation sites excluding steroid dienone is 1. The number of hydrogen-bond donors (Lipinski definition) is 0. The molecule has 72 valence electrons. The molecule has 14 heavy (non-hydrogen) atoms. The third-order valence-electron chi connectivity index (χ3n) is 1.70. The summed E-state index contributed by atoms with van der Waals surface area (Å²) in [5.41, 5.74) is 0.923. The molecule has 0 unspecified atom stereocenters. The lowest BCUT2D eigenvalue weighted by atomic mass is 10.2. The molecule has 0 fully saturated rings. The number of nitrogens with zero attached hydrogens (tertiary/aromatic N) is 1. The molecule has 0 saturated heterocycles. The van der Waals surface area contributed by atoms with E-state index in [4.69, 9.17) is 21.6 Å². The largest absolute Gasteiger partial charge is 0.496 e. The van der Waals surface area contributed by atoms with Gasteiger partial charge in [0.05, 0.1) is 19.6 Å². The highest BCUT2D eigenvalue weighted by molar-refractivity contribution is 6.30. The van der Waals surface area contributed by atoms with Crippen molar-refractivity contribution in [2.24, 2.45) is 0 Å². The van der Waals surface area contributed by atoms with Crippen molar-refractivity contribution in [3.05, 3.63) is 34.9 Å². The van der Waals surface area contributed by atoms with Gasteiger partial charge >= 0.3 is 0 Å². The molecule has 1 rings (SSSR count). The highest BCUT2D eigenvalue weighted by Crippen LogP contribution is 2.24. The Labute approximate surface area is 88.4 Å². The van der Waals surface area contributed by atoms with E-state index in [1.165, 1.54) is 0 Å². The molecule has 0 aromatic heterocycles. The van der Waals surface area contributed by atoms with Crippen LogP contribution in [0.2, 0.25) is 5.02 Å². The molecule has 3 heteroatoms. The standard InChI is InChI=1S/C11H10ClNO/c1-14-11-8-10(12)6-5-9(11)4-2-3-7-13/h2,4-6,8H,3H2,1H3. The highest BCUT2D eigenvalue weighted by atomic mass is 35.5. The van der Waals surface area contributed by atoms with Crippen LogP contribution in [0.25, 0.3) is 6.08 Å². The van der Waals surface area contributed by atoms with Crippen LogP contribution in [0.4, 0.5) is 0 Å². The van der Waals surface area contributed by atoms with Gasteiger partial charge in [-0.15, -0.1) is 0 Å². The van der Waals surface area contributed by atoms with Crippen molar-refractivity contribution in [2.75, 3.05) is 7.11 Å². The lowest BCUT2D eigenvalue weighted by molar-refractivity contribution is 0.414. The first-order valence-corrected chi connectivity index (χ1v) is 4.52. The number of hydrogen-bond acceptors (Lipinski definition) is 2. The fourth-order valence-corrected chi connectivity index (χ4v) is 1.22. The Hall–Kier alpha value is -1.46. The van der Waals surface area contributed by atoms with Gasteiger partial charge in [0.2, 0.25) is 0 Å². The second kappa shape index (κ2) is 5.31. The predicted molar refractivity (Wildman–Crippen MR) is 57.3 cm³/mol. The fraction of sp³-hybridized carbons (Fsp3) is 0.182. The zero-order valence-electron chi connectivity index (χ0n) is 7.83. The van der Waals surface area contributed by atoms with E-state index in [-0.39, 0.29) is 0 Å². The van der Waals surface area contributed by atoms with E-state index in [9.17, 15) is 0 Å². The molecular formula is C11H10ClNO. The smallest absolute Gasteiger partial charge is 0.127 e. The maximum absolute atomic E-state index is 8.36. The molecule has 1 aromatic carbocycles. The molecule has 0 amide bonds. The van der Waals surface area contributed by atoms with Gasteiger partial charge in [-0.05, 0) is 18.2 Å². The molecule has 0 radical (unpaired) electrons. The molecule has 0 aliphatic heterocycles. The van der Waals surface area contributed by atoms with E-state index in [0.717, 1.165) is 5.56 Å². The summed E-state index contributed by atoms with van der Waals surface area (Å²) in [6, 6.07) is 7.42. The molecule has 2 nitrogen and oxygen atoms in total. The maximum atomic E-state index is 8.36. The zero-order valence-corrected chi connectivity index (χ0v) is 8.58. The number of nitriles is 1. The normalized spacial score (nSPS) is 10.1. The molecule has 0 heterocycles. The zero-order chi connectivity index (χ0) is 10.4. The van der Waals surface area contributed by atoms with Crippen molar-refractivity contribution in [3.8, 4) is 11.8 Å². The van der Waals surface area contributed by atoms with Gasteiger partial charge in [0.25, 0.3) is 0 Å². The number of benzene rings is 1. The van der Waals surface area contributed by atoms with Crippen molar-refractivity contribution in [1.82, 2.24) is 0 Å². The first-order chi connectivity index (χ1) is 6.77. The van der Waals surface area contributed by atoms with Crippen LogP contribution in [0.15, 0.2) is 24.3 Å². The third kappa shape index (κ3) is 2.79. The Morgan fingerprint density at radius 3 is 3.00 bits per heavy atom. The molecule has 0 aliphatic carbocycles. The topological polar surface area (TPSA) is 33.0 Å². The van der Waals surface area contributed by atoms with E-state index in [2.05, 4.69) is 0 Å². The van der Waals surface area contributed by atoms with Crippen molar-refractivity contribution >= 4 is 17.7 Å². The van der Waals surface area contributed by atoms with Crippen LogP contribution >= 0.6 is 11.6 Å². The predicted octanol–water partition coefficient (Wildman–Crippen LogP) is 3.28. The number of rotatable bonds is 3. The quantitative estimate of drug-likeness (QED) is 0.762. The number of halogens is 1. The molecule has 0 saturated carbocycles. The lowest BCUT2D eigenvalue weighted by Gasteiger charge is -2.04. The molecule has 0 atom stereocenters. The van der Waals surface area contributed by atoms with Crippen LogP contribution in [0.3, 0.4) is 0 Å².